The third-order valence-corrected chi connectivity index (χ3v) is 7.21. The lowest BCUT2D eigenvalue weighted by Crippen LogP contribution is -2.17. The first-order valence-electron chi connectivity index (χ1n) is 8.46. The maximum absolute atomic E-state index is 12.8. The molecule has 0 radical (unpaired) electrons. The van der Waals surface area contributed by atoms with Gasteiger partial charge in [-0.25, -0.2) is 8.42 Å². The van der Waals surface area contributed by atoms with Crippen LogP contribution in [-0.4, -0.2) is 30.3 Å². The molecule has 0 aliphatic carbocycles. The molecule has 1 amide bonds. The second kappa shape index (κ2) is 9.21. The smallest absolute Gasteiger partial charge is 0.262 e. The van der Waals surface area contributed by atoms with Gasteiger partial charge in [0.25, 0.3) is 15.9 Å². The Morgan fingerprint density at radius 2 is 1.97 bits per heavy atom. The Morgan fingerprint density at radius 3 is 2.69 bits per heavy atom. The maximum atomic E-state index is 12.8. The van der Waals surface area contributed by atoms with E-state index in [0.29, 0.717) is 26.5 Å². The molecule has 10 heteroatoms. The number of benzene rings is 2. The van der Waals surface area contributed by atoms with Crippen LogP contribution in [0.5, 0.6) is 0 Å². The summed E-state index contributed by atoms with van der Waals surface area (Å²) in [6.07, 6.45) is 1.75. The van der Waals surface area contributed by atoms with E-state index in [1.54, 1.807) is 55.5 Å². The Morgan fingerprint density at radius 1 is 1.21 bits per heavy atom. The first-order chi connectivity index (χ1) is 13.9. The molecule has 0 fully saturated rings. The van der Waals surface area contributed by atoms with Crippen LogP contribution in [0.2, 0.25) is 0 Å². The molecule has 2 N–H and O–H groups in total. The zero-order valence-corrected chi connectivity index (χ0v) is 17.9. The molecule has 3 aromatic rings. The lowest BCUT2D eigenvalue weighted by Gasteiger charge is -2.12. The third kappa shape index (κ3) is 5.43. The van der Waals surface area contributed by atoms with Crippen LogP contribution in [-0.2, 0) is 10.0 Å². The molecule has 0 unspecified atom stereocenters. The van der Waals surface area contributed by atoms with Gasteiger partial charge in [-0.05, 0) is 36.8 Å². The van der Waals surface area contributed by atoms with E-state index in [9.17, 15) is 13.2 Å². The number of para-hydroxylation sites is 1. The minimum Gasteiger partial charge on any atom is -0.296 e. The Hall–Kier alpha value is -2.69. The molecule has 0 aliphatic heterocycles. The van der Waals surface area contributed by atoms with Gasteiger partial charge in [0.1, 0.15) is 0 Å². The first-order valence-corrected chi connectivity index (χ1v) is 11.7. The summed E-state index contributed by atoms with van der Waals surface area (Å²) in [6, 6.07) is 13.1. The molecular weight excluding hydrogens is 428 g/mol. The Bertz CT molecular complexity index is 1130. The molecule has 150 valence electrons. The fourth-order valence-electron chi connectivity index (χ4n) is 2.37. The standard InChI is InChI=1S/C19H18N4O3S3/c1-3-11-27-19-22-21-18(28-19)20-17(24)14-10-9-13(2)16(12-14)29(25,26)23-15-7-5-4-6-8-15/h3-10,12,23H,1,11H2,2H3,(H,20,21,24). The second-order valence-electron chi connectivity index (χ2n) is 5.88. The van der Waals surface area contributed by atoms with Crippen molar-refractivity contribution in [3.05, 3.63) is 72.3 Å². The van der Waals surface area contributed by atoms with E-state index < -0.39 is 15.9 Å². The first kappa shape index (κ1) is 21.0. The Balaban J connectivity index is 1.80. The molecule has 2 aromatic carbocycles. The summed E-state index contributed by atoms with van der Waals surface area (Å²) in [4.78, 5) is 12.6. The van der Waals surface area contributed by atoms with Gasteiger partial charge in [-0.3, -0.25) is 14.8 Å². The number of hydrogen-bond donors (Lipinski definition) is 2. The highest BCUT2D eigenvalue weighted by Crippen LogP contribution is 2.26. The Kier molecular flexibility index (Phi) is 6.68. The molecule has 0 saturated carbocycles. The van der Waals surface area contributed by atoms with Crippen molar-refractivity contribution in [2.75, 3.05) is 15.8 Å². The summed E-state index contributed by atoms with van der Waals surface area (Å²) in [6.45, 7) is 5.32. The molecule has 0 aliphatic rings. The van der Waals surface area contributed by atoms with Gasteiger partial charge in [-0.2, -0.15) is 0 Å². The van der Waals surface area contributed by atoms with Crippen molar-refractivity contribution in [2.24, 2.45) is 0 Å². The topological polar surface area (TPSA) is 101 Å². The van der Waals surface area contributed by atoms with E-state index in [-0.39, 0.29) is 10.5 Å². The quantitative estimate of drug-likeness (QED) is 0.306. The average Bonchev–Trinajstić information content (AvgIpc) is 3.14. The number of aryl methyl sites for hydroxylation is 1. The fraction of sp³-hybridized carbons (Fsp3) is 0.105. The van der Waals surface area contributed by atoms with Crippen LogP contribution < -0.4 is 10.0 Å². The molecule has 0 bridgehead atoms. The van der Waals surface area contributed by atoms with E-state index in [1.165, 1.54) is 29.2 Å². The van der Waals surface area contributed by atoms with Gasteiger partial charge in [0.05, 0.1) is 4.90 Å². The van der Waals surface area contributed by atoms with Gasteiger partial charge in [0.15, 0.2) is 4.34 Å². The number of nitrogens with one attached hydrogen (secondary N) is 2. The van der Waals surface area contributed by atoms with Crippen molar-refractivity contribution >= 4 is 49.8 Å². The van der Waals surface area contributed by atoms with Crippen molar-refractivity contribution in [2.45, 2.75) is 16.2 Å². The molecule has 0 spiro atoms. The summed E-state index contributed by atoms with van der Waals surface area (Å²) in [5.74, 6) is 0.230. The summed E-state index contributed by atoms with van der Waals surface area (Å²) in [5, 5.41) is 10.9. The number of nitrogens with zero attached hydrogens (tertiary/aromatic N) is 2. The number of thioether (sulfide) groups is 1. The van der Waals surface area contributed by atoms with Gasteiger partial charge in [-0.15, -0.1) is 16.8 Å². The maximum Gasteiger partial charge on any atom is 0.262 e. The zero-order chi connectivity index (χ0) is 20.9. The lowest BCUT2D eigenvalue weighted by molar-refractivity contribution is 0.102. The van der Waals surface area contributed by atoms with Crippen molar-refractivity contribution in [3.63, 3.8) is 0 Å². The van der Waals surface area contributed by atoms with Gasteiger partial charge in [0, 0.05) is 17.0 Å². The number of rotatable bonds is 8. The number of sulfonamides is 1. The Labute approximate surface area is 177 Å². The molecule has 7 nitrogen and oxygen atoms in total. The van der Waals surface area contributed by atoms with Gasteiger partial charge >= 0.3 is 0 Å². The van der Waals surface area contributed by atoms with Gasteiger partial charge in [-0.1, -0.05) is 53.4 Å². The molecule has 0 atom stereocenters. The number of anilines is 2. The van der Waals surface area contributed by atoms with Crippen LogP contribution in [0.25, 0.3) is 0 Å². The van der Waals surface area contributed by atoms with Crippen molar-refractivity contribution in [3.8, 4) is 0 Å². The molecule has 1 aromatic heterocycles. The summed E-state index contributed by atoms with van der Waals surface area (Å²) in [7, 11) is -3.85. The molecule has 1 heterocycles. The van der Waals surface area contributed by atoms with E-state index in [1.807, 2.05) is 0 Å². The van der Waals surface area contributed by atoms with Gasteiger partial charge < -0.3 is 0 Å². The minimum atomic E-state index is -3.85. The van der Waals surface area contributed by atoms with Crippen molar-refractivity contribution < 1.29 is 13.2 Å². The van der Waals surface area contributed by atoms with E-state index in [0.717, 1.165) is 0 Å². The van der Waals surface area contributed by atoms with Gasteiger partial charge in [0.2, 0.25) is 5.13 Å². The molecule has 3 rings (SSSR count). The SMILES string of the molecule is C=CCSc1nnc(NC(=O)c2ccc(C)c(S(=O)(=O)Nc3ccccc3)c2)s1. The number of carbonyl (C=O) groups excluding carboxylic acids is 1. The van der Waals surface area contributed by atoms with E-state index >= 15 is 0 Å². The van der Waals surface area contributed by atoms with E-state index in [2.05, 4.69) is 26.8 Å². The predicted molar refractivity (Wildman–Crippen MR) is 117 cm³/mol. The number of amides is 1. The van der Waals surface area contributed by atoms with Crippen LogP contribution in [0.1, 0.15) is 15.9 Å². The minimum absolute atomic E-state index is 0.0356. The zero-order valence-electron chi connectivity index (χ0n) is 15.5. The summed E-state index contributed by atoms with van der Waals surface area (Å²) < 4.78 is 28.8. The highest BCUT2D eigenvalue weighted by atomic mass is 32.2. The van der Waals surface area contributed by atoms with E-state index in [4.69, 9.17) is 0 Å². The number of carbonyl (C=O) groups is 1. The fourth-order valence-corrected chi connectivity index (χ4v) is 5.20. The van der Waals surface area contributed by atoms with Crippen LogP contribution in [0.3, 0.4) is 0 Å². The number of aromatic nitrogens is 2. The second-order valence-corrected chi connectivity index (χ2v) is 9.77. The average molecular weight is 447 g/mol. The normalized spacial score (nSPS) is 11.1. The molecular formula is C19H18N4O3S3. The van der Waals surface area contributed by atoms with Crippen LogP contribution in [0.4, 0.5) is 10.8 Å². The summed E-state index contributed by atoms with van der Waals surface area (Å²) >= 11 is 2.70. The third-order valence-electron chi connectivity index (χ3n) is 3.72. The number of hydrogen-bond acceptors (Lipinski definition) is 7. The largest absolute Gasteiger partial charge is 0.296 e. The van der Waals surface area contributed by atoms with Crippen LogP contribution in [0, 0.1) is 6.92 Å². The van der Waals surface area contributed by atoms with Crippen LogP contribution in [0.15, 0.2) is 70.4 Å². The van der Waals surface area contributed by atoms with Crippen LogP contribution >= 0.6 is 23.1 Å². The predicted octanol–water partition coefficient (Wildman–Crippen LogP) is 4.18. The van der Waals surface area contributed by atoms with Crippen molar-refractivity contribution in [1.82, 2.24) is 10.2 Å². The monoisotopic (exact) mass is 446 g/mol. The van der Waals surface area contributed by atoms with Crippen molar-refractivity contribution in [1.29, 1.82) is 0 Å². The lowest BCUT2D eigenvalue weighted by atomic mass is 10.1. The highest BCUT2D eigenvalue weighted by molar-refractivity contribution is 8.01. The summed E-state index contributed by atoms with van der Waals surface area (Å²) in [5.41, 5.74) is 1.18. The highest BCUT2D eigenvalue weighted by Gasteiger charge is 2.20. The molecule has 0 saturated heterocycles. The molecule has 29 heavy (non-hydrogen) atoms.